The number of anilines is 1. The first kappa shape index (κ1) is 18.3. The minimum absolute atomic E-state index is 0.0525. The Morgan fingerprint density at radius 2 is 1.92 bits per heavy atom. The number of hydrogen-bond acceptors (Lipinski definition) is 4. The highest BCUT2D eigenvalue weighted by Crippen LogP contribution is 2.18. The minimum Gasteiger partial charge on any atom is -0.493 e. The average Bonchev–Trinajstić information content (AvgIpc) is 2.53. The molecule has 0 aromatic heterocycles. The molecule has 0 heterocycles. The topological polar surface area (TPSA) is 64.6 Å². The van der Waals surface area contributed by atoms with Gasteiger partial charge in [0, 0.05) is 15.2 Å². The normalized spacial score (nSPS) is 10.1. The van der Waals surface area contributed by atoms with Gasteiger partial charge in [0.25, 0.3) is 5.91 Å². The lowest BCUT2D eigenvalue weighted by atomic mass is 10.3. The van der Waals surface area contributed by atoms with Crippen molar-refractivity contribution in [1.82, 2.24) is 0 Å². The molecule has 0 atom stereocenters. The van der Waals surface area contributed by atoms with Crippen LogP contribution in [0.3, 0.4) is 0 Å². The second-order valence-corrected chi connectivity index (χ2v) is 6.13. The molecule has 2 aromatic carbocycles. The van der Waals surface area contributed by atoms with Crippen LogP contribution in [0.15, 0.2) is 53.0 Å². The van der Waals surface area contributed by atoms with Crippen LogP contribution in [0.1, 0.15) is 6.42 Å². The summed E-state index contributed by atoms with van der Waals surface area (Å²) < 4.78 is 11.2. The van der Waals surface area contributed by atoms with E-state index in [0.29, 0.717) is 16.5 Å². The molecular weight excluding hydrogens is 398 g/mol. The molecule has 24 heavy (non-hydrogen) atoms. The largest absolute Gasteiger partial charge is 0.493 e. The molecule has 0 aliphatic rings. The molecule has 0 saturated carbocycles. The van der Waals surface area contributed by atoms with E-state index in [1.165, 1.54) is 0 Å². The van der Waals surface area contributed by atoms with Crippen molar-refractivity contribution in [2.24, 2.45) is 0 Å². The Kier molecular flexibility index (Phi) is 7.08. The molecule has 0 aliphatic carbocycles. The lowest BCUT2D eigenvalue weighted by molar-refractivity contribution is -0.147. The van der Waals surface area contributed by atoms with Crippen molar-refractivity contribution in [1.29, 1.82) is 0 Å². The van der Waals surface area contributed by atoms with Crippen molar-refractivity contribution in [2.45, 2.75) is 6.42 Å². The molecule has 0 saturated heterocycles. The fraction of sp³-hybridized carbons (Fsp3) is 0.176. The van der Waals surface area contributed by atoms with Crippen LogP contribution in [-0.2, 0) is 14.3 Å². The third-order valence-corrected chi connectivity index (χ3v) is 3.57. The third kappa shape index (κ3) is 6.60. The van der Waals surface area contributed by atoms with Gasteiger partial charge in [-0.05, 0) is 36.4 Å². The molecule has 0 bridgehead atoms. The maximum Gasteiger partial charge on any atom is 0.309 e. The van der Waals surface area contributed by atoms with Crippen molar-refractivity contribution in [3.8, 4) is 5.75 Å². The molecule has 0 fully saturated rings. The van der Waals surface area contributed by atoms with E-state index < -0.39 is 11.9 Å². The number of hydrogen-bond donors (Lipinski definition) is 1. The zero-order valence-corrected chi connectivity index (χ0v) is 15.0. The smallest absolute Gasteiger partial charge is 0.309 e. The predicted octanol–water partition coefficient (Wildman–Crippen LogP) is 4.05. The van der Waals surface area contributed by atoms with Crippen LogP contribution >= 0.6 is 27.5 Å². The van der Waals surface area contributed by atoms with Gasteiger partial charge < -0.3 is 14.8 Å². The second-order valence-electron chi connectivity index (χ2n) is 4.78. The van der Waals surface area contributed by atoms with Gasteiger partial charge in [0.15, 0.2) is 6.61 Å². The summed E-state index contributed by atoms with van der Waals surface area (Å²) in [5, 5.41) is 3.10. The highest BCUT2D eigenvalue weighted by Gasteiger charge is 2.08. The molecule has 7 heteroatoms. The van der Waals surface area contributed by atoms with Gasteiger partial charge in [0.1, 0.15) is 5.75 Å². The summed E-state index contributed by atoms with van der Waals surface area (Å²) >= 11 is 9.15. The highest BCUT2D eigenvalue weighted by atomic mass is 79.9. The van der Waals surface area contributed by atoms with Crippen LogP contribution in [0.5, 0.6) is 5.75 Å². The van der Waals surface area contributed by atoms with E-state index in [2.05, 4.69) is 21.2 Å². The molecule has 5 nitrogen and oxygen atoms in total. The van der Waals surface area contributed by atoms with E-state index >= 15 is 0 Å². The first-order valence-electron chi connectivity index (χ1n) is 7.12. The van der Waals surface area contributed by atoms with Crippen molar-refractivity contribution in [2.75, 3.05) is 18.5 Å². The number of carbonyl (C=O) groups excluding carboxylic acids is 2. The Morgan fingerprint density at radius 3 is 2.67 bits per heavy atom. The van der Waals surface area contributed by atoms with E-state index in [4.69, 9.17) is 21.1 Å². The molecule has 0 aliphatic heterocycles. The number of amides is 1. The van der Waals surface area contributed by atoms with Gasteiger partial charge in [-0.3, -0.25) is 9.59 Å². The first-order chi connectivity index (χ1) is 11.5. The Morgan fingerprint density at radius 1 is 1.12 bits per heavy atom. The summed E-state index contributed by atoms with van der Waals surface area (Å²) in [5.41, 5.74) is 0.543. The van der Waals surface area contributed by atoms with E-state index in [-0.39, 0.29) is 19.6 Å². The third-order valence-electron chi connectivity index (χ3n) is 2.84. The number of halogens is 2. The van der Waals surface area contributed by atoms with Crippen molar-refractivity contribution in [3.63, 3.8) is 0 Å². The molecule has 126 valence electrons. The monoisotopic (exact) mass is 411 g/mol. The summed E-state index contributed by atoms with van der Waals surface area (Å²) in [6, 6.07) is 14.0. The highest BCUT2D eigenvalue weighted by molar-refractivity contribution is 9.10. The average molecular weight is 413 g/mol. The van der Waals surface area contributed by atoms with Gasteiger partial charge in [0.05, 0.1) is 13.0 Å². The second kappa shape index (κ2) is 9.30. The molecule has 1 N–H and O–H groups in total. The fourth-order valence-corrected chi connectivity index (χ4v) is 2.36. The van der Waals surface area contributed by atoms with Gasteiger partial charge in [-0.15, -0.1) is 0 Å². The molecule has 0 spiro atoms. The van der Waals surface area contributed by atoms with Crippen LogP contribution in [0.4, 0.5) is 5.69 Å². The van der Waals surface area contributed by atoms with Crippen LogP contribution in [0.25, 0.3) is 0 Å². The van der Waals surface area contributed by atoms with Crippen LogP contribution in [-0.4, -0.2) is 25.1 Å². The number of nitrogens with one attached hydrogen (secondary N) is 1. The van der Waals surface area contributed by atoms with Crippen molar-refractivity contribution in [3.05, 3.63) is 58.0 Å². The van der Waals surface area contributed by atoms with Gasteiger partial charge in [-0.1, -0.05) is 39.7 Å². The standard InChI is InChI=1S/C17H15BrClNO4/c18-12-3-1-6-15(9-12)23-8-7-17(22)24-11-16(21)20-14-5-2-4-13(19)10-14/h1-6,9-10H,7-8,11H2,(H,20,21). The summed E-state index contributed by atoms with van der Waals surface area (Å²) in [4.78, 5) is 23.3. The van der Waals surface area contributed by atoms with E-state index in [1.807, 2.05) is 12.1 Å². The van der Waals surface area contributed by atoms with Crippen LogP contribution < -0.4 is 10.1 Å². The Labute approximate surface area is 153 Å². The van der Waals surface area contributed by atoms with Crippen LogP contribution in [0.2, 0.25) is 5.02 Å². The number of carbonyl (C=O) groups is 2. The summed E-state index contributed by atoms with van der Waals surface area (Å²) in [5.74, 6) is -0.291. The van der Waals surface area contributed by atoms with E-state index in [0.717, 1.165) is 4.47 Å². The number of ether oxygens (including phenoxy) is 2. The lowest BCUT2D eigenvalue weighted by Crippen LogP contribution is -2.21. The predicted molar refractivity (Wildman–Crippen MR) is 95.3 cm³/mol. The number of esters is 1. The molecule has 2 aromatic rings. The molecule has 2 rings (SSSR count). The van der Waals surface area contributed by atoms with Crippen LogP contribution in [0, 0.1) is 0 Å². The van der Waals surface area contributed by atoms with Gasteiger partial charge >= 0.3 is 5.97 Å². The molecule has 1 amide bonds. The fourth-order valence-electron chi connectivity index (χ4n) is 1.79. The zero-order valence-electron chi connectivity index (χ0n) is 12.6. The van der Waals surface area contributed by atoms with Gasteiger partial charge in [0.2, 0.25) is 0 Å². The molecular formula is C17H15BrClNO4. The van der Waals surface area contributed by atoms with E-state index in [9.17, 15) is 9.59 Å². The van der Waals surface area contributed by atoms with Crippen molar-refractivity contribution < 1.29 is 19.1 Å². The zero-order chi connectivity index (χ0) is 17.4. The number of benzene rings is 2. The molecule has 0 unspecified atom stereocenters. The van der Waals surface area contributed by atoms with E-state index in [1.54, 1.807) is 36.4 Å². The SMILES string of the molecule is O=C(COC(=O)CCOc1cccc(Br)c1)Nc1cccc(Cl)c1. The van der Waals surface area contributed by atoms with Gasteiger partial charge in [-0.2, -0.15) is 0 Å². The summed E-state index contributed by atoms with van der Waals surface area (Å²) in [6.45, 7) is -0.187. The quantitative estimate of drug-likeness (QED) is 0.697. The Bertz CT molecular complexity index is 723. The number of rotatable bonds is 7. The summed E-state index contributed by atoms with van der Waals surface area (Å²) in [6.07, 6.45) is 0.0525. The lowest BCUT2D eigenvalue weighted by Gasteiger charge is -2.08. The molecule has 0 radical (unpaired) electrons. The summed E-state index contributed by atoms with van der Waals surface area (Å²) in [7, 11) is 0. The van der Waals surface area contributed by atoms with Crippen molar-refractivity contribution >= 4 is 45.1 Å². The maximum atomic E-state index is 11.7. The first-order valence-corrected chi connectivity index (χ1v) is 8.29. The maximum absolute atomic E-state index is 11.7. The minimum atomic E-state index is -0.508. The Balaban J connectivity index is 1.66. The Hall–Kier alpha value is -2.05. The van der Waals surface area contributed by atoms with Gasteiger partial charge in [-0.25, -0.2) is 0 Å².